The number of benzene rings is 2. The third kappa shape index (κ3) is 9.06. The number of ether oxygens (including phenoxy) is 1. The molecular weight excluding hydrogens is 549 g/mol. The number of carbonyl (C=O) groups is 2. The van der Waals surface area contributed by atoms with E-state index < -0.39 is 16.1 Å². The lowest BCUT2D eigenvalue weighted by atomic mass is 10.1. The van der Waals surface area contributed by atoms with E-state index in [1.165, 1.54) is 9.21 Å². The fraction of sp³-hybridized carbons (Fsp3) is 0.481. The van der Waals surface area contributed by atoms with Crippen molar-refractivity contribution in [3.8, 4) is 5.75 Å². The Morgan fingerprint density at radius 1 is 1.08 bits per heavy atom. The maximum Gasteiger partial charge on any atom is 0.242 e. The van der Waals surface area contributed by atoms with Crippen LogP contribution in [0.5, 0.6) is 5.75 Å². The summed E-state index contributed by atoms with van der Waals surface area (Å²) in [4.78, 5) is 27.8. The number of sulfonamides is 1. The topological polar surface area (TPSA) is 96.0 Å². The van der Waals surface area contributed by atoms with E-state index in [1.54, 1.807) is 49.4 Å². The predicted octanol–water partition coefficient (Wildman–Crippen LogP) is 5.27. The van der Waals surface area contributed by atoms with Gasteiger partial charge in [0, 0.05) is 35.6 Å². The van der Waals surface area contributed by atoms with Crippen molar-refractivity contribution in [3.63, 3.8) is 0 Å². The molecule has 11 heteroatoms. The van der Waals surface area contributed by atoms with Crippen molar-refractivity contribution < 1.29 is 22.7 Å². The zero-order chi connectivity index (χ0) is 28.5. The number of para-hydroxylation sites is 2. The molecule has 0 fully saturated rings. The summed E-state index contributed by atoms with van der Waals surface area (Å²) in [5, 5.41) is 3.77. The second-order valence-corrected chi connectivity index (χ2v) is 11.8. The van der Waals surface area contributed by atoms with Gasteiger partial charge < -0.3 is 15.0 Å². The molecule has 0 bridgehead atoms. The summed E-state index contributed by atoms with van der Waals surface area (Å²) >= 11 is 12.4. The lowest BCUT2D eigenvalue weighted by Gasteiger charge is -2.30. The Morgan fingerprint density at radius 3 is 2.37 bits per heavy atom. The molecule has 0 saturated heterocycles. The van der Waals surface area contributed by atoms with Gasteiger partial charge in [0.1, 0.15) is 11.8 Å². The third-order valence-corrected chi connectivity index (χ3v) is 7.88. The van der Waals surface area contributed by atoms with Crippen LogP contribution >= 0.6 is 23.2 Å². The normalized spacial score (nSPS) is 12.9. The van der Waals surface area contributed by atoms with E-state index in [1.807, 2.05) is 20.8 Å². The van der Waals surface area contributed by atoms with Gasteiger partial charge in [0.25, 0.3) is 0 Å². The molecule has 0 heterocycles. The number of amides is 2. The minimum atomic E-state index is -3.65. The summed E-state index contributed by atoms with van der Waals surface area (Å²) in [5.74, 6) is -0.128. The van der Waals surface area contributed by atoms with Crippen molar-refractivity contribution in [1.29, 1.82) is 0 Å². The molecule has 210 valence electrons. The average molecular weight is 587 g/mol. The number of halogens is 2. The molecule has 0 radical (unpaired) electrons. The monoisotopic (exact) mass is 585 g/mol. The molecule has 0 aromatic heterocycles. The summed E-state index contributed by atoms with van der Waals surface area (Å²) in [6, 6.07) is 11.0. The van der Waals surface area contributed by atoms with Crippen molar-refractivity contribution in [2.75, 3.05) is 23.7 Å². The molecule has 0 aliphatic carbocycles. The van der Waals surface area contributed by atoms with Gasteiger partial charge in [0.05, 0.1) is 18.6 Å². The van der Waals surface area contributed by atoms with Crippen molar-refractivity contribution in [2.45, 2.75) is 65.6 Å². The smallest absolute Gasteiger partial charge is 0.242 e. The summed E-state index contributed by atoms with van der Waals surface area (Å²) < 4.78 is 32.1. The maximum absolute atomic E-state index is 13.4. The number of hydrogen-bond acceptors (Lipinski definition) is 5. The Morgan fingerprint density at radius 2 is 1.76 bits per heavy atom. The Hall–Kier alpha value is -2.49. The van der Waals surface area contributed by atoms with Gasteiger partial charge in [-0.1, -0.05) is 48.3 Å². The van der Waals surface area contributed by atoms with E-state index >= 15 is 0 Å². The number of anilines is 1. The summed E-state index contributed by atoms with van der Waals surface area (Å²) in [6.45, 7) is 7.90. The van der Waals surface area contributed by atoms with Crippen molar-refractivity contribution in [1.82, 2.24) is 10.2 Å². The summed E-state index contributed by atoms with van der Waals surface area (Å²) in [7, 11) is -3.65. The van der Waals surface area contributed by atoms with Crippen LogP contribution in [0.25, 0.3) is 0 Å². The Bertz CT molecular complexity index is 1210. The van der Waals surface area contributed by atoms with Crippen LogP contribution in [-0.2, 0) is 26.2 Å². The van der Waals surface area contributed by atoms with Gasteiger partial charge in [-0.3, -0.25) is 13.9 Å². The van der Waals surface area contributed by atoms with Gasteiger partial charge in [-0.15, -0.1) is 0 Å². The second-order valence-electron chi connectivity index (χ2n) is 9.09. The number of carbonyl (C=O) groups excluding carboxylic acids is 2. The fourth-order valence-electron chi connectivity index (χ4n) is 3.80. The molecule has 1 N–H and O–H groups in total. The van der Waals surface area contributed by atoms with Crippen LogP contribution in [-0.4, -0.2) is 56.6 Å². The van der Waals surface area contributed by atoms with Crippen LogP contribution in [0.15, 0.2) is 42.5 Å². The SMILES string of the molecule is CCOc1ccccc1N(CCCC(=O)N(Cc1ccc(Cl)cc1Cl)[C@@H](C)C(=O)N[C@H](C)CC)S(C)(=O)=O. The van der Waals surface area contributed by atoms with Crippen LogP contribution in [0.3, 0.4) is 0 Å². The molecule has 0 aliphatic rings. The maximum atomic E-state index is 13.4. The molecule has 2 atom stereocenters. The van der Waals surface area contributed by atoms with Gasteiger partial charge >= 0.3 is 0 Å². The van der Waals surface area contributed by atoms with Gasteiger partial charge in [0.2, 0.25) is 21.8 Å². The molecule has 2 aromatic carbocycles. The molecule has 2 aromatic rings. The molecule has 2 rings (SSSR count). The summed E-state index contributed by atoms with van der Waals surface area (Å²) in [5.41, 5.74) is 1.06. The highest BCUT2D eigenvalue weighted by atomic mass is 35.5. The Balaban J connectivity index is 2.25. The predicted molar refractivity (Wildman–Crippen MR) is 153 cm³/mol. The highest BCUT2D eigenvalue weighted by Crippen LogP contribution is 2.30. The molecular formula is C27H37Cl2N3O5S. The van der Waals surface area contributed by atoms with Crippen molar-refractivity contribution in [2.24, 2.45) is 0 Å². The highest BCUT2D eigenvalue weighted by molar-refractivity contribution is 7.92. The van der Waals surface area contributed by atoms with Gasteiger partial charge in [-0.05, 0) is 63.4 Å². The minimum Gasteiger partial charge on any atom is -0.492 e. The first-order chi connectivity index (χ1) is 17.9. The van der Waals surface area contributed by atoms with Gasteiger partial charge in [-0.2, -0.15) is 0 Å². The van der Waals surface area contributed by atoms with E-state index in [4.69, 9.17) is 27.9 Å². The van der Waals surface area contributed by atoms with Gasteiger partial charge in [0.15, 0.2) is 0 Å². The van der Waals surface area contributed by atoms with E-state index in [-0.39, 0.29) is 43.8 Å². The number of nitrogens with zero attached hydrogens (tertiary/aromatic N) is 2. The molecule has 38 heavy (non-hydrogen) atoms. The summed E-state index contributed by atoms with van der Waals surface area (Å²) in [6.07, 6.45) is 2.12. The van der Waals surface area contributed by atoms with E-state index in [9.17, 15) is 18.0 Å². The van der Waals surface area contributed by atoms with E-state index in [0.29, 0.717) is 33.7 Å². The Labute approximate surface area is 236 Å². The standard InChI is InChI=1S/C27H37Cl2N3O5S/c1-6-19(3)30-27(34)20(4)31(18-21-14-15-22(28)17-23(21)29)26(33)13-10-16-32(38(5,35)36)24-11-8-9-12-25(24)37-7-2/h8-9,11-12,14-15,17,19-20H,6-7,10,13,16,18H2,1-5H3,(H,30,34)/t19-,20+/m1/s1. The molecule has 0 aliphatic heterocycles. The zero-order valence-electron chi connectivity index (χ0n) is 22.5. The number of hydrogen-bond donors (Lipinski definition) is 1. The second kappa shape index (κ2) is 14.6. The van der Waals surface area contributed by atoms with Crippen LogP contribution in [0.2, 0.25) is 10.0 Å². The minimum absolute atomic E-state index is 0.0228. The molecule has 0 spiro atoms. The lowest BCUT2D eigenvalue weighted by molar-refractivity contribution is -0.140. The molecule has 8 nitrogen and oxygen atoms in total. The lowest BCUT2D eigenvalue weighted by Crippen LogP contribution is -2.49. The van der Waals surface area contributed by atoms with E-state index in [0.717, 1.165) is 12.7 Å². The Kier molecular flexibility index (Phi) is 12.2. The van der Waals surface area contributed by atoms with Crippen molar-refractivity contribution in [3.05, 3.63) is 58.1 Å². The molecule has 0 unspecified atom stereocenters. The third-order valence-electron chi connectivity index (χ3n) is 6.11. The quantitative estimate of drug-likeness (QED) is 0.326. The van der Waals surface area contributed by atoms with Crippen LogP contribution in [0.1, 0.15) is 52.5 Å². The number of rotatable bonds is 14. The molecule has 2 amide bonds. The van der Waals surface area contributed by atoms with Crippen molar-refractivity contribution >= 4 is 50.7 Å². The number of nitrogens with one attached hydrogen (secondary N) is 1. The van der Waals surface area contributed by atoms with Crippen LogP contribution in [0, 0.1) is 0 Å². The largest absolute Gasteiger partial charge is 0.492 e. The zero-order valence-corrected chi connectivity index (χ0v) is 24.9. The van der Waals surface area contributed by atoms with Crippen LogP contribution < -0.4 is 14.4 Å². The van der Waals surface area contributed by atoms with Gasteiger partial charge in [-0.25, -0.2) is 8.42 Å². The molecule has 0 saturated carbocycles. The fourth-order valence-corrected chi connectivity index (χ4v) is 5.24. The average Bonchev–Trinajstić information content (AvgIpc) is 2.85. The highest BCUT2D eigenvalue weighted by Gasteiger charge is 2.28. The first-order valence-electron chi connectivity index (χ1n) is 12.6. The van der Waals surface area contributed by atoms with Crippen LogP contribution in [0.4, 0.5) is 5.69 Å². The first-order valence-corrected chi connectivity index (χ1v) is 15.2. The van der Waals surface area contributed by atoms with E-state index in [2.05, 4.69) is 5.32 Å². The first kappa shape index (κ1) is 31.7.